The molecule has 0 fully saturated rings. The first-order valence-corrected chi connectivity index (χ1v) is 12.3. The number of nitrogens with one attached hydrogen (secondary N) is 1. The molecule has 0 atom stereocenters. The number of aryl methyl sites for hydroxylation is 2. The van der Waals surface area contributed by atoms with Crippen LogP contribution in [-0.2, 0) is 19.0 Å². The average molecular weight is 524 g/mol. The van der Waals surface area contributed by atoms with E-state index in [9.17, 15) is 0 Å². The number of aliphatic hydroxyl groups excluding tert-OH is 1. The summed E-state index contributed by atoms with van der Waals surface area (Å²) in [7, 11) is 1.86. The highest BCUT2D eigenvalue weighted by Crippen LogP contribution is 2.39. The Morgan fingerprint density at radius 2 is 2.05 bits per heavy atom. The topological polar surface area (TPSA) is 129 Å². The van der Waals surface area contributed by atoms with Crippen LogP contribution >= 0.6 is 11.6 Å². The molecule has 6 heterocycles. The van der Waals surface area contributed by atoms with Crippen LogP contribution < -0.4 is 14.8 Å². The van der Waals surface area contributed by atoms with Crippen molar-refractivity contribution in [1.29, 1.82) is 0 Å². The van der Waals surface area contributed by atoms with Crippen LogP contribution in [0.15, 0.2) is 30.9 Å². The SMILES string of the molecule is Cn1c(Nc2cc3n(n2)CCCC3(C)C)nc2ncc(Oc3cnn4ccnc(OCCO)c34)c(Cl)c21. The van der Waals surface area contributed by atoms with Crippen LogP contribution in [0.5, 0.6) is 17.4 Å². The molecular weight excluding hydrogens is 498 g/mol. The monoisotopic (exact) mass is 523 g/mol. The summed E-state index contributed by atoms with van der Waals surface area (Å²) in [6.07, 6.45) is 8.52. The molecule has 0 bridgehead atoms. The average Bonchev–Trinajstić information content (AvgIpc) is 3.56. The summed E-state index contributed by atoms with van der Waals surface area (Å²) < 4.78 is 17.1. The molecule has 5 aromatic heterocycles. The van der Waals surface area contributed by atoms with Crippen molar-refractivity contribution in [3.63, 3.8) is 0 Å². The predicted molar refractivity (Wildman–Crippen MR) is 137 cm³/mol. The second-order valence-electron chi connectivity index (χ2n) is 9.56. The van der Waals surface area contributed by atoms with Crippen LogP contribution in [-0.4, -0.2) is 57.2 Å². The molecule has 1 aliphatic heterocycles. The third-order valence-electron chi connectivity index (χ3n) is 6.60. The standard InChI is InChI=1S/C24H26ClN9O3/c1-24(2)5-4-7-33-16(24)11-17(31-33)29-23-30-21-20(32(23)3)18(25)14(12-27-21)37-15-13-28-34-8-6-26-22(19(15)34)36-10-9-35/h6,8,11-13,35H,4-5,7,9-10H2,1-3H3,(H,27,29,30,31). The van der Waals surface area contributed by atoms with Gasteiger partial charge in [-0.25, -0.2) is 14.5 Å². The maximum Gasteiger partial charge on any atom is 0.244 e. The van der Waals surface area contributed by atoms with Gasteiger partial charge in [0.25, 0.3) is 0 Å². The van der Waals surface area contributed by atoms with Gasteiger partial charge in [0.2, 0.25) is 11.8 Å². The predicted octanol–water partition coefficient (Wildman–Crippen LogP) is 3.84. The maximum absolute atomic E-state index is 9.13. The molecule has 12 nitrogen and oxygen atoms in total. The van der Waals surface area contributed by atoms with Gasteiger partial charge in [0, 0.05) is 43.2 Å². The van der Waals surface area contributed by atoms with Crippen LogP contribution in [0.1, 0.15) is 32.4 Å². The normalized spacial score (nSPS) is 14.7. The van der Waals surface area contributed by atoms with Crippen LogP contribution in [0.25, 0.3) is 16.7 Å². The molecule has 37 heavy (non-hydrogen) atoms. The number of aromatic nitrogens is 8. The van der Waals surface area contributed by atoms with Crippen molar-refractivity contribution < 1.29 is 14.6 Å². The molecule has 0 saturated carbocycles. The second-order valence-corrected chi connectivity index (χ2v) is 9.94. The minimum Gasteiger partial charge on any atom is -0.474 e. The Bertz CT molecular complexity index is 1620. The van der Waals surface area contributed by atoms with E-state index in [1.165, 1.54) is 11.9 Å². The number of anilines is 2. The van der Waals surface area contributed by atoms with Gasteiger partial charge in [0.1, 0.15) is 17.1 Å². The van der Waals surface area contributed by atoms with Crippen LogP contribution in [0.4, 0.5) is 11.8 Å². The van der Waals surface area contributed by atoms with Crippen LogP contribution in [0.3, 0.4) is 0 Å². The number of ether oxygens (including phenoxy) is 2. The Labute approximate surface area is 216 Å². The highest BCUT2D eigenvalue weighted by atomic mass is 35.5. The molecule has 0 spiro atoms. The summed E-state index contributed by atoms with van der Waals surface area (Å²) in [5.41, 5.74) is 2.87. The van der Waals surface area contributed by atoms with Gasteiger partial charge < -0.3 is 24.5 Å². The lowest BCUT2D eigenvalue weighted by atomic mass is 9.82. The molecule has 0 radical (unpaired) electrons. The highest BCUT2D eigenvalue weighted by molar-refractivity contribution is 6.36. The second kappa shape index (κ2) is 8.89. The number of nitrogens with zero attached hydrogens (tertiary/aromatic N) is 8. The minimum absolute atomic E-state index is 0.0747. The Kier molecular flexibility index (Phi) is 5.64. The molecule has 1 aliphatic rings. The zero-order valence-electron chi connectivity index (χ0n) is 20.6. The molecular formula is C24H26ClN9O3. The fraction of sp³-hybridized carbons (Fsp3) is 0.375. The third kappa shape index (κ3) is 4.02. The summed E-state index contributed by atoms with van der Waals surface area (Å²) in [5, 5.41) is 21.8. The van der Waals surface area contributed by atoms with Gasteiger partial charge in [-0.1, -0.05) is 25.4 Å². The van der Waals surface area contributed by atoms with Crippen molar-refractivity contribution in [2.24, 2.45) is 7.05 Å². The molecule has 2 N–H and O–H groups in total. The van der Waals surface area contributed by atoms with E-state index in [4.69, 9.17) is 31.3 Å². The summed E-state index contributed by atoms with van der Waals surface area (Å²) in [6, 6.07) is 2.08. The van der Waals surface area contributed by atoms with Crippen molar-refractivity contribution in [2.45, 2.75) is 38.6 Å². The quantitative estimate of drug-likeness (QED) is 0.327. The van der Waals surface area contributed by atoms with Gasteiger partial charge in [-0.3, -0.25) is 4.68 Å². The van der Waals surface area contributed by atoms with E-state index in [2.05, 4.69) is 50.0 Å². The first-order valence-electron chi connectivity index (χ1n) is 12.0. The number of fused-ring (bicyclic) bond motifs is 3. The smallest absolute Gasteiger partial charge is 0.244 e. The number of rotatable bonds is 7. The molecule has 0 amide bonds. The van der Waals surface area contributed by atoms with Gasteiger partial charge in [-0.2, -0.15) is 15.2 Å². The van der Waals surface area contributed by atoms with Gasteiger partial charge >= 0.3 is 0 Å². The van der Waals surface area contributed by atoms with Crippen LogP contribution in [0, 0.1) is 0 Å². The van der Waals surface area contributed by atoms with E-state index >= 15 is 0 Å². The zero-order valence-corrected chi connectivity index (χ0v) is 21.4. The Morgan fingerprint density at radius 3 is 2.86 bits per heavy atom. The lowest BCUT2D eigenvalue weighted by molar-refractivity contribution is 0.197. The Hall–Kier alpha value is -3.90. The van der Waals surface area contributed by atoms with Crippen molar-refractivity contribution in [1.82, 2.24) is 38.9 Å². The molecule has 0 unspecified atom stereocenters. The van der Waals surface area contributed by atoms with Crippen molar-refractivity contribution in [3.8, 4) is 17.4 Å². The van der Waals surface area contributed by atoms with Gasteiger partial charge in [0.15, 0.2) is 28.5 Å². The fourth-order valence-electron chi connectivity index (χ4n) is 4.73. The first kappa shape index (κ1) is 23.5. The van der Waals surface area contributed by atoms with E-state index in [-0.39, 0.29) is 24.5 Å². The largest absolute Gasteiger partial charge is 0.474 e. The number of hydrogen-bond donors (Lipinski definition) is 2. The Balaban J connectivity index is 1.33. The molecule has 0 aliphatic carbocycles. The number of imidazole rings is 1. The molecule has 5 aromatic rings. The van der Waals surface area contributed by atoms with Gasteiger partial charge in [-0.05, 0) is 12.8 Å². The third-order valence-corrected chi connectivity index (χ3v) is 6.97. The van der Waals surface area contributed by atoms with Gasteiger partial charge in [0.05, 0.1) is 19.0 Å². The lowest BCUT2D eigenvalue weighted by Crippen LogP contribution is -2.27. The summed E-state index contributed by atoms with van der Waals surface area (Å²) in [4.78, 5) is 13.3. The van der Waals surface area contributed by atoms with E-state index in [1.807, 2.05) is 11.6 Å². The maximum atomic E-state index is 9.13. The molecule has 6 rings (SSSR count). The molecule has 0 aromatic carbocycles. The minimum atomic E-state index is -0.143. The zero-order chi connectivity index (χ0) is 25.7. The fourth-order valence-corrected chi connectivity index (χ4v) is 5.03. The summed E-state index contributed by atoms with van der Waals surface area (Å²) >= 11 is 6.79. The van der Waals surface area contributed by atoms with E-state index in [0.29, 0.717) is 39.2 Å². The van der Waals surface area contributed by atoms with E-state index < -0.39 is 0 Å². The molecule has 0 saturated heterocycles. The Morgan fingerprint density at radius 1 is 1.19 bits per heavy atom. The first-order chi connectivity index (χ1) is 17.9. The van der Waals surface area contributed by atoms with E-state index in [1.54, 1.807) is 23.1 Å². The highest BCUT2D eigenvalue weighted by Gasteiger charge is 2.30. The lowest BCUT2D eigenvalue weighted by Gasteiger charge is -2.30. The van der Waals surface area contributed by atoms with Crippen molar-refractivity contribution in [2.75, 3.05) is 18.5 Å². The number of halogens is 1. The van der Waals surface area contributed by atoms with Crippen molar-refractivity contribution >= 4 is 40.0 Å². The van der Waals surface area contributed by atoms with E-state index in [0.717, 1.165) is 25.2 Å². The molecule has 13 heteroatoms. The number of hydrogen-bond acceptors (Lipinski definition) is 9. The summed E-state index contributed by atoms with van der Waals surface area (Å²) in [5.74, 6) is 2.29. The van der Waals surface area contributed by atoms with Crippen molar-refractivity contribution in [3.05, 3.63) is 41.6 Å². The molecule has 192 valence electrons. The number of pyridine rings is 1. The van der Waals surface area contributed by atoms with Crippen LogP contribution in [0.2, 0.25) is 5.02 Å². The number of aliphatic hydroxyl groups is 1. The summed E-state index contributed by atoms with van der Waals surface area (Å²) in [6.45, 7) is 5.34. The van der Waals surface area contributed by atoms with Gasteiger partial charge in [-0.15, -0.1) is 0 Å².